The van der Waals surface area contributed by atoms with Crippen LogP contribution in [0.2, 0.25) is 0 Å². The lowest BCUT2D eigenvalue weighted by molar-refractivity contribution is 0.131. The minimum absolute atomic E-state index is 0.142. The van der Waals surface area contributed by atoms with Crippen LogP contribution in [0.1, 0.15) is 22.9 Å². The first-order chi connectivity index (χ1) is 13.2. The molecule has 3 aromatic carbocycles. The number of hydrogen-bond acceptors (Lipinski definition) is 2. The molecule has 0 radical (unpaired) electrons. The standard InChI is InChI=1S/C24H23NO2/c1-17-22(24(26-2)19-11-5-4-6-12-19)16-23(25(17)27-3)21-15-9-13-18-10-7-8-14-20(18)21/h4-16,24H,1-3H3. The Morgan fingerprint density at radius 3 is 2.26 bits per heavy atom. The Bertz CT molecular complexity index is 1060. The van der Waals surface area contributed by atoms with E-state index in [4.69, 9.17) is 9.57 Å². The monoisotopic (exact) mass is 357 g/mol. The number of nitrogens with zero attached hydrogens (tertiary/aromatic N) is 1. The molecule has 0 aliphatic rings. The Hall–Kier alpha value is -3.04. The van der Waals surface area contributed by atoms with E-state index in [-0.39, 0.29) is 6.10 Å². The Labute approximate surface area is 159 Å². The predicted molar refractivity (Wildman–Crippen MR) is 110 cm³/mol. The third-order valence-electron chi connectivity index (χ3n) is 5.10. The van der Waals surface area contributed by atoms with Gasteiger partial charge < -0.3 is 9.57 Å². The highest BCUT2D eigenvalue weighted by Gasteiger charge is 2.23. The van der Waals surface area contributed by atoms with Crippen molar-refractivity contribution in [3.8, 4) is 11.3 Å². The molecule has 0 fully saturated rings. The van der Waals surface area contributed by atoms with Crippen LogP contribution in [-0.2, 0) is 4.74 Å². The second kappa shape index (κ2) is 7.29. The molecule has 0 bridgehead atoms. The Kier molecular flexibility index (Phi) is 4.69. The van der Waals surface area contributed by atoms with E-state index in [0.717, 1.165) is 28.1 Å². The zero-order valence-electron chi connectivity index (χ0n) is 15.8. The fraction of sp³-hybridized carbons (Fsp3) is 0.167. The van der Waals surface area contributed by atoms with Gasteiger partial charge in [-0.05, 0) is 29.3 Å². The first kappa shape index (κ1) is 17.4. The maximum absolute atomic E-state index is 5.87. The molecule has 1 atom stereocenters. The number of benzene rings is 3. The number of rotatable bonds is 5. The Morgan fingerprint density at radius 2 is 1.52 bits per heavy atom. The average Bonchev–Trinajstić information content (AvgIpc) is 3.05. The van der Waals surface area contributed by atoms with Crippen molar-refractivity contribution in [1.29, 1.82) is 0 Å². The summed E-state index contributed by atoms with van der Waals surface area (Å²) >= 11 is 0. The lowest BCUT2D eigenvalue weighted by Gasteiger charge is -2.16. The smallest absolute Gasteiger partial charge is 0.109 e. The first-order valence-electron chi connectivity index (χ1n) is 9.07. The van der Waals surface area contributed by atoms with Crippen molar-refractivity contribution in [1.82, 2.24) is 4.73 Å². The lowest BCUT2D eigenvalue weighted by atomic mass is 9.99. The molecule has 3 nitrogen and oxygen atoms in total. The Morgan fingerprint density at radius 1 is 0.815 bits per heavy atom. The molecule has 0 aliphatic heterocycles. The van der Waals surface area contributed by atoms with Gasteiger partial charge in [0.05, 0.1) is 11.4 Å². The van der Waals surface area contributed by atoms with Crippen molar-refractivity contribution < 1.29 is 9.57 Å². The molecule has 0 aliphatic carbocycles. The Balaban J connectivity index is 1.92. The maximum Gasteiger partial charge on any atom is 0.109 e. The molecule has 0 N–H and O–H groups in total. The first-order valence-corrected chi connectivity index (χ1v) is 9.07. The third-order valence-corrected chi connectivity index (χ3v) is 5.10. The number of aromatic nitrogens is 1. The van der Waals surface area contributed by atoms with E-state index in [0.29, 0.717) is 0 Å². The molecule has 0 amide bonds. The van der Waals surface area contributed by atoms with Gasteiger partial charge in [-0.25, -0.2) is 0 Å². The molecule has 136 valence electrons. The lowest BCUT2D eigenvalue weighted by Crippen LogP contribution is -2.11. The summed E-state index contributed by atoms with van der Waals surface area (Å²) in [5, 5.41) is 2.42. The molecule has 0 saturated carbocycles. The normalized spacial score (nSPS) is 12.3. The van der Waals surface area contributed by atoms with Gasteiger partial charge in [0.2, 0.25) is 0 Å². The topological polar surface area (TPSA) is 23.4 Å². The number of methoxy groups -OCH3 is 1. The molecule has 1 aromatic heterocycles. The van der Waals surface area contributed by atoms with Crippen LogP contribution in [0.3, 0.4) is 0 Å². The van der Waals surface area contributed by atoms with Crippen molar-refractivity contribution in [2.24, 2.45) is 0 Å². The number of ether oxygens (including phenoxy) is 1. The van der Waals surface area contributed by atoms with E-state index in [1.807, 2.05) is 22.9 Å². The van der Waals surface area contributed by atoms with E-state index in [1.54, 1.807) is 14.2 Å². The van der Waals surface area contributed by atoms with Gasteiger partial charge >= 0.3 is 0 Å². The van der Waals surface area contributed by atoms with Gasteiger partial charge in [-0.15, -0.1) is 0 Å². The number of fused-ring (bicyclic) bond motifs is 1. The van der Waals surface area contributed by atoms with Crippen LogP contribution in [0.5, 0.6) is 0 Å². The minimum atomic E-state index is -0.142. The van der Waals surface area contributed by atoms with E-state index >= 15 is 0 Å². The van der Waals surface area contributed by atoms with Gasteiger partial charge in [-0.1, -0.05) is 72.8 Å². The van der Waals surface area contributed by atoms with Crippen LogP contribution < -0.4 is 4.84 Å². The number of hydrogen-bond donors (Lipinski definition) is 0. The summed E-state index contributed by atoms with van der Waals surface area (Å²) in [6.45, 7) is 2.07. The van der Waals surface area contributed by atoms with E-state index in [9.17, 15) is 0 Å². The fourth-order valence-corrected chi connectivity index (χ4v) is 3.82. The molecule has 1 heterocycles. The van der Waals surface area contributed by atoms with Gasteiger partial charge in [-0.2, -0.15) is 4.73 Å². The summed E-state index contributed by atoms with van der Waals surface area (Å²) in [6.07, 6.45) is -0.142. The third kappa shape index (κ3) is 3.00. The summed E-state index contributed by atoms with van der Waals surface area (Å²) in [4.78, 5) is 5.75. The zero-order valence-corrected chi connectivity index (χ0v) is 15.8. The minimum Gasteiger partial charge on any atom is -0.417 e. The van der Waals surface area contributed by atoms with E-state index in [2.05, 4.69) is 67.6 Å². The summed E-state index contributed by atoms with van der Waals surface area (Å²) in [7, 11) is 3.45. The maximum atomic E-state index is 5.87. The van der Waals surface area contributed by atoms with Crippen LogP contribution >= 0.6 is 0 Å². The zero-order chi connectivity index (χ0) is 18.8. The molecule has 1 unspecified atom stereocenters. The highest BCUT2D eigenvalue weighted by molar-refractivity contribution is 5.96. The van der Waals surface area contributed by atoms with Gasteiger partial charge in [0.15, 0.2) is 0 Å². The van der Waals surface area contributed by atoms with Crippen LogP contribution in [0.4, 0.5) is 0 Å². The van der Waals surface area contributed by atoms with Gasteiger partial charge in [0, 0.05) is 18.2 Å². The van der Waals surface area contributed by atoms with Gasteiger partial charge in [0.25, 0.3) is 0 Å². The molecule has 0 saturated heterocycles. The average molecular weight is 357 g/mol. The van der Waals surface area contributed by atoms with Crippen molar-refractivity contribution >= 4 is 10.8 Å². The summed E-state index contributed by atoms with van der Waals surface area (Å²) in [5.74, 6) is 0. The van der Waals surface area contributed by atoms with Crippen LogP contribution in [0, 0.1) is 6.92 Å². The highest BCUT2D eigenvalue weighted by Crippen LogP contribution is 2.36. The predicted octanol–water partition coefficient (Wildman–Crippen LogP) is 5.41. The molecule has 4 aromatic rings. The SMILES string of the molecule is COC(c1ccccc1)c1cc(-c2cccc3ccccc23)n(OC)c1C. The van der Waals surface area contributed by atoms with Crippen molar-refractivity contribution in [2.75, 3.05) is 14.2 Å². The van der Waals surface area contributed by atoms with Crippen LogP contribution in [-0.4, -0.2) is 19.0 Å². The van der Waals surface area contributed by atoms with Crippen LogP contribution in [0.15, 0.2) is 78.9 Å². The largest absolute Gasteiger partial charge is 0.417 e. The fourth-order valence-electron chi connectivity index (χ4n) is 3.82. The van der Waals surface area contributed by atoms with Crippen LogP contribution in [0.25, 0.3) is 22.0 Å². The summed E-state index contributed by atoms with van der Waals surface area (Å²) < 4.78 is 7.77. The molecule has 3 heteroatoms. The van der Waals surface area contributed by atoms with Gasteiger partial charge in [-0.3, -0.25) is 0 Å². The molecule has 0 spiro atoms. The second-order valence-electron chi connectivity index (χ2n) is 6.60. The van der Waals surface area contributed by atoms with Crippen molar-refractivity contribution in [2.45, 2.75) is 13.0 Å². The van der Waals surface area contributed by atoms with Crippen molar-refractivity contribution in [3.05, 3.63) is 95.7 Å². The van der Waals surface area contributed by atoms with E-state index in [1.165, 1.54) is 10.8 Å². The molecular weight excluding hydrogens is 334 g/mol. The van der Waals surface area contributed by atoms with E-state index < -0.39 is 0 Å². The summed E-state index contributed by atoms with van der Waals surface area (Å²) in [5.41, 5.74) is 5.44. The highest BCUT2D eigenvalue weighted by atomic mass is 16.6. The second-order valence-corrected chi connectivity index (χ2v) is 6.60. The quantitative estimate of drug-likeness (QED) is 0.477. The molecular formula is C24H23NO2. The van der Waals surface area contributed by atoms with Crippen molar-refractivity contribution in [3.63, 3.8) is 0 Å². The molecule has 4 rings (SSSR count). The van der Waals surface area contributed by atoms with Gasteiger partial charge in [0.1, 0.15) is 13.2 Å². The molecule has 27 heavy (non-hydrogen) atoms. The summed E-state index contributed by atoms with van der Waals surface area (Å²) in [6, 6.07) is 27.2.